The molecule has 7 heteroatoms. The zero-order valence-electron chi connectivity index (χ0n) is 11.1. The van der Waals surface area contributed by atoms with Crippen LogP contribution in [0.1, 0.15) is 5.56 Å². The van der Waals surface area contributed by atoms with Gasteiger partial charge in [0, 0.05) is 27.3 Å². The van der Waals surface area contributed by atoms with Crippen molar-refractivity contribution in [3.8, 4) is 11.8 Å². The summed E-state index contributed by atoms with van der Waals surface area (Å²) in [7, 11) is 6.28. The van der Waals surface area contributed by atoms with Crippen molar-refractivity contribution < 1.29 is 18.9 Å². The molecule has 0 saturated carbocycles. The minimum absolute atomic E-state index is 0.299. The van der Waals surface area contributed by atoms with Crippen LogP contribution in [0.4, 0.5) is 0 Å². The molecular weight excluding hydrogens is 238 g/mol. The molecule has 0 radical (unpaired) electrons. The smallest absolute Gasteiger partial charge is 0.224 e. The Kier molecular flexibility index (Phi) is 6.34. The first-order valence-corrected chi connectivity index (χ1v) is 5.45. The van der Waals surface area contributed by atoms with Gasteiger partial charge in [-0.25, -0.2) is 9.97 Å². The van der Waals surface area contributed by atoms with Gasteiger partial charge in [-0.15, -0.1) is 0 Å². The monoisotopic (exact) mass is 257 g/mol. The van der Waals surface area contributed by atoms with E-state index < -0.39 is 0 Å². The summed E-state index contributed by atoms with van der Waals surface area (Å²) < 4.78 is 20.5. The van der Waals surface area contributed by atoms with E-state index >= 15 is 0 Å². The molecule has 1 aromatic heterocycles. The van der Waals surface area contributed by atoms with Crippen molar-refractivity contribution >= 4 is 0 Å². The molecule has 0 amide bonds. The highest BCUT2D eigenvalue weighted by Crippen LogP contribution is 2.22. The highest BCUT2D eigenvalue weighted by atomic mass is 16.7. The maximum atomic E-state index is 5.16. The van der Waals surface area contributed by atoms with Gasteiger partial charge in [0.1, 0.15) is 6.33 Å². The zero-order valence-corrected chi connectivity index (χ0v) is 11.1. The minimum atomic E-state index is -0.299. The van der Waals surface area contributed by atoms with Gasteiger partial charge in [0.05, 0.1) is 19.8 Å². The molecule has 0 bridgehead atoms. The molecule has 18 heavy (non-hydrogen) atoms. The second kappa shape index (κ2) is 7.80. The van der Waals surface area contributed by atoms with Gasteiger partial charge in [-0.2, -0.15) is 0 Å². The number of hydrogen-bond acceptors (Lipinski definition) is 7. The Morgan fingerprint density at radius 3 is 2.06 bits per heavy atom. The molecule has 0 unspecified atom stereocenters. The molecule has 7 nitrogen and oxygen atoms in total. The highest BCUT2D eigenvalue weighted by Gasteiger charge is 2.13. The van der Waals surface area contributed by atoms with Crippen LogP contribution in [-0.4, -0.2) is 51.2 Å². The fourth-order valence-electron chi connectivity index (χ4n) is 1.46. The van der Waals surface area contributed by atoms with Gasteiger partial charge in [-0.05, 0) is 0 Å². The van der Waals surface area contributed by atoms with Crippen molar-refractivity contribution in [2.24, 2.45) is 0 Å². The van der Waals surface area contributed by atoms with Gasteiger partial charge in [-0.1, -0.05) is 0 Å². The van der Waals surface area contributed by atoms with Crippen molar-refractivity contribution in [3.63, 3.8) is 0 Å². The Morgan fingerprint density at radius 1 is 1.06 bits per heavy atom. The Morgan fingerprint density at radius 2 is 1.61 bits per heavy atom. The molecule has 1 heterocycles. The first kappa shape index (κ1) is 14.6. The summed E-state index contributed by atoms with van der Waals surface area (Å²) >= 11 is 0. The van der Waals surface area contributed by atoms with Crippen molar-refractivity contribution in [2.45, 2.75) is 12.8 Å². The third kappa shape index (κ3) is 3.80. The van der Waals surface area contributed by atoms with Crippen LogP contribution in [0.25, 0.3) is 0 Å². The standard InChI is InChI=1S/C11H19N3O4/c1-15-9(16-2)6-12-5-8-10(17-3)13-7-14-11(8)18-4/h7,9,12H,5-6H2,1-4H3. The minimum Gasteiger partial charge on any atom is -0.481 e. The van der Waals surface area contributed by atoms with E-state index in [-0.39, 0.29) is 6.29 Å². The lowest BCUT2D eigenvalue weighted by Gasteiger charge is -2.15. The number of aromatic nitrogens is 2. The summed E-state index contributed by atoms with van der Waals surface area (Å²) in [5.74, 6) is 0.974. The van der Waals surface area contributed by atoms with Gasteiger partial charge < -0.3 is 24.3 Å². The first-order valence-electron chi connectivity index (χ1n) is 5.45. The maximum Gasteiger partial charge on any atom is 0.224 e. The maximum absolute atomic E-state index is 5.16. The molecule has 1 N–H and O–H groups in total. The highest BCUT2D eigenvalue weighted by molar-refractivity contribution is 5.34. The fraction of sp³-hybridized carbons (Fsp3) is 0.636. The van der Waals surface area contributed by atoms with Gasteiger partial charge in [-0.3, -0.25) is 0 Å². The van der Waals surface area contributed by atoms with E-state index in [1.165, 1.54) is 6.33 Å². The third-order valence-corrected chi connectivity index (χ3v) is 2.39. The summed E-state index contributed by atoms with van der Waals surface area (Å²) in [6.07, 6.45) is 1.10. The molecule has 102 valence electrons. The molecule has 0 spiro atoms. The Balaban J connectivity index is 2.65. The second-order valence-corrected chi connectivity index (χ2v) is 3.40. The molecule has 1 rings (SSSR count). The SMILES string of the molecule is COc1ncnc(OC)c1CNCC(OC)OC. The van der Waals surface area contributed by atoms with Crippen molar-refractivity contribution in [1.82, 2.24) is 15.3 Å². The van der Waals surface area contributed by atoms with Crippen molar-refractivity contribution in [2.75, 3.05) is 35.0 Å². The quantitative estimate of drug-likeness (QED) is 0.667. The number of hydrogen-bond donors (Lipinski definition) is 1. The number of methoxy groups -OCH3 is 4. The van der Waals surface area contributed by atoms with Crippen LogP contribution in [0.2, 0.25) is 0 Å². The van der Waals surface area contributed by atoms with Crippen LogP contribution < -0.4 is 14.8 Å². The van der Waals surface area contributed by atoms with Crippen molar-refractivity contribution in [3.05, 3.63) is 11.9 Å². The molecule has 1 aromatic rings. The number of nitrogens with one attached hydrogen (secondary N) is 1. The van der Waals surface area contributed by atoms with E-state index in [1.807, 2.05) is 0 Å². The number of nitrogens with zero attached hydrogens (tertiary/aromatic N) is 2. The Labute approximate surface area is 106 Å². The summed E-state index contributed by atoms with van der Waals surface area (Å²) in [5.41, 5.74) is 0.758. The Bertz CT molecular complexity index is 336. The second-order valence-electron chi connectivity index (χ2n) is 3.40. The van der Waals surface area contributed by atoms with Crippen LogP contribution in [0.15, 0.2) is 6.33 Å². The summed E-state index contributed by atoms with van der Waals surface area (Å²) in [6.45, 7) is 1.03. The Hall–Kier alpha value is -1.44. The largest absolute Gasteiger partial charge is 0.481 e. The van der Waals surface area contributed by atoms with Crippen LogP contribution in [0.3, 0.4) is 0 Å². The third-order valence-electron chi connectivity index (χ3n) is 2.39. The van der Waals surface area contributed by atoms with Crippen LogP contribution >= 0.6 is 0 Å². The molecule has 0 aliphatic heterocycles. The normalized spacial score (nSPS) is 10.7. The van der Waals surface area contributed by atoms with E-state index in [0.717, 1.165) is 5.56 Å². The lowest BCUT2D eigenvalue weighted by atomic mass is 10.3. The van der Waals surface area contributed by atoms with E-state index in [9.17, 15) is 0 Å². The van der Waals surface area contributed by atoms with E-state index in [0.29, 0.717) is 24.8 Å². The fourth-order valence-corrected chi connectivity index (χ4v) is 1.46. The average Bonchev–Trinajstić information content (AvgIpc) is 2.43. The lowest BCUT2D eigenvalue weighted by Crippen LogP contribution is -2.29. The summed E-state index contributed by atoms with van der Waals surface area (Å²) in [6, 6.07) is 0. The average molecular weight is 257 g/mol. The summed E-state index contributed by atoms with van der Waals surface area (Å²) in [4.78, 5) is 8.06. The predicted molar refractivity (Wildman–Crippen MR) is 64.6 cm³/mol. The van der Waals surface area contributed by atoms with Gasteiger partial charge in [0.2, 0.25) is 11.8 Å². The van der Waals surface area contributed by atoms with E-state index in [2.05, 4.69) is 15.3 Å². The van der Waals surface area contributed by atoms with Gasteiger partial charge >= 0.3 is 0 Å². The van der Waals surface area contributed by atoms with Crippen LogP contribution in [0, 0.1) is 0 Å². The molecule has 0 aromatic carbocycles. The summed E-state index contributed by atoms with van der Waals surface area (Å²) in [5, 5.41) is 3.16. The van der Waals surface area contributed by atoms with Crippen LogP contribution in [-0.2, 0) is 16.0 Å². The molecular formula is C11H19N3O4. The molecule has 0 aliphatic carbocycles. The lowest BCUT2D eigenvalue weighted by molar-refractivity contribution is -0.0989. The molecule has 0 aliphatic rings. The number of ether oxygens (including phenoxy) is 4. The number of rotatable bonds is 8. The molecule has 0 saturated heterocycles. The van der Waals surface area contributed by atoms with Gasteiger partial charge in [0.15, 0.2) is 6.29 Å². The molecule has 0 fully saturated rings. The molecule has 0 atom stereocenters. The first-order chi connectivity index (χ1) is 8.76. The van der Waals surface area contributed by atoms with E-state index in [4.69, 9.17) is 18.9 Å². The predicted octanol–water partition coefficient (Wildman–Crippen LogP) is 0.202. The van der Waals surface area contributed by atoms with Gasteiger partial charge in [0.25, 0.3) is 0 Å². The zero-order chi connectivity index (χ0) is 13.4. The van der Waals surface area contributed by atoms with Crippen LogP contribution in [0.5, 0.6) is 11.8 Å². The van der Waals surface area contributed by atoms with Crippen molar-refractivity contribution in [1.29, 1.82) is 0 Å². The topological polar surface area (TPSA) is 74.7 Å². The van der Waals surface area contributed by atoms with E-state index in [1.54, 1.807) is 28.4 Å².